The molecular formula is C8H7Br2NOS. The first-order chi connectivity index (χ1) is 6.15. The predicted octanol–water partition coefficient (Wildman–Crippen LogP) is 3.50. The molecule has 0 aliphatic rings. The molecule has 0 amide bonds. The maximum absolute atomic E-state index is 11.5. The summed E-state index contributed by atoms with van der Waals surface area (Å²) in [4.78, 5) is 15.6. The van der Waals surface area contributed by atoms with Crippen LogP contribution in [-0.4, -0.2) is 15.9 Å². The number of pyridine rings is 1. The molecule has 0 N–H and O–H groups in total. The normalized spacial score (nSPS) is 10.1. The fraction of sp³-hybridized carbons (Fsp3) is 0.250. The summed E-state index contributed by atoms with van der Waals surface area (Å²) >= 11 is 7.76. The van der Waals surface area contributed by atoms with E-state index in [-0.39, 0.29) is 5.12 Å². The Bertz CT molecular complexity index is 330. The number of halogens is 2. The smallest absolute Gasteiger partial charge is 0.238 e. The van der Waals surface area contributed by atoms with Gasteiger partial charge in [0.05, 0.1) is 0 Å². The van der Waals surface area contributed by atoms with Gasteiger partial charge in [0.15, 0.2) is 0 Å². The van der Waals surface area contributed by atoms with E-state index in [1.807, 2.05) is 6.92 Å². The molecule has 70 valence electrons. The number of carbonyl (C=O) groups is 1. The fourth-order valence-corrected chi connectivity index (χ4v) is 2.16. The molecule has 0 aliphatic heterocycles. The van der Waals surface area contributed by atoms with E-state index in [0.29, 0.717) is 10.3 Å². The number of rotatable bonds is 2. The SMILES string of the molecule is CCSC(=O)c1nc(Br)ccc1Br. The van der Waals surface area contributed by atoms with Gasteiger partial charge in [0.2, 0.25) is 5.12 Å². The Morgan fingerprint density at radius 1 is 1.54 bits per heavy atom. The molecule has 0 saturated carbocycles. The summed E-state index contributed by atoms with van der Waals surface area (Å²) in [6.45, 7) is 1.94. The summed E-state index contributed by atoms with van der Waals surface area (Å²) in [6, 6.07) is 3.60. The number of hydrogen-bond acceptors (Lipinski definition) is 3. The quantitative estimate of drug-likeness (QED) is 0.780. The van der Waals surface area contributed by atoms with Gasteiger partial charge in [-0.2, -0.15) is 0 Å². The van der Waals surface area contributed by atoms with E-state index in [1.54, 1.807) is 12.1 Å². The Hall–Kier alpha value is 0.130. The molecule has 0 atom stereocenters. The van der Waals surface area contributed by atoms with Gasteiger partial charge in [0, 0.05) is 4.47 Å². The molecule has 2 nitrogen and oxygen atoms in total. The zero-order valence-corrected chi connectivity index (χ0v) is 10.9. The lowest BCUT2D eigenvalue weighted by Gasteiger charge is -2.01. The highest BCUT2D eigenvalue weighted by molar-refractivity contribution is 9.11. The lowest BCUT2D eigenvalue weighted by Crippen LogP contribution is -1.99. The van der Waals surface area contributed by atoms with Crippen molar-refractivity contribution in [2.45, 2.75) is 6.92 Å². The highest BCUT2D eigenvalue weighted by atomic mass is 79.9. The van der Waals surface area contributed by atoms with Gasteiger partial charge in [-0.05, 0) is 49.7 Å². The van der Waals surface area contributed by atoms with Crippen molar-refractivity contribution in [2.75, 3.05) is 5.75 Å². The Labute approximate surface area is 97.8 Å². The Balaban J connectivity index is 2.99. The molecule has 1 aromatic heterocycles. The van der Waals surface area contributed by atoms with Gasteiger partial charge in [-0.15, -0.1) is 0 Å². The van der Waals surface area contributed by atoms with Crippen LogP contribution in [0.25, 0.3) is 0 Å². The van der Waals surface area contributed by atoms with Crippen LogP contribution >= 0.6 is 43.6 Å². The minimum Gasteiger partial charge on any atom is -0.280 e. The molecule has 5 heteroatoms. The lowest BCUT2D eigenvalue weighted by atomic mass is 10.4. The average Bonchev–Trinajstić information content (AvgIpc) is 2.09. The maximum Gasteiger partial charge on any atom is 0.238 e. The second-order valence-corrected chi connectivity index (χ2v) is 5.09. The van der Waals surface area contributed by atoms with Crippen LogP contribution in [-0.2, 0) is 0 Å². The molecule has 1 heterocycles. The molecule has 0 unspecified atom stereocenters. The van der Waals surface area contributed by atoms with Crippen molar-refractivity contribution in [3.05, 3.63) is 26.9 Å². The van der Waals surface area contributed by atoms with Crippen LogP contribution in [0.4, 0.5) is 0 Å². The molecule has 13 heavy (non-hydrogen) atoms. The van der Waals surface area contributed by atoms with E-state index in [1.165, 1.54) is 11.8 Å². The van der Waals surface area contributed by atoms with Gasteiger partial charge in [0.1, 0.15) is 10.3 Å². The monoisotopic (exact) mass is 323 g/mol. The molecule has 0 radical (unpaired) electrons. The number of hydrogen-bond donors (Lipinski definition) is 0. The third-order valence-corrected chi connectivity index (χ3v) is 3.11. The summed E-state index contributed by atoms with van der Waals surface area (Å²) in [5.74, 6) is 0.763. The summed E-state index contributed by atoms with van der Waals surface area (Å²) in [5, 5.41) is -0.00400. The Kier molecular flexibility index (Phi) is 4.41. The highest BCUT2D eigenvalue weighted by Gasteiger charge is 2.11. The van der Waals surface area contributed by atoms with Crippen LogP contribution in [0.2, 0.25) is 0 Å². The van der Waals surface area contributed by atoms with Crippen molar-refractivity contribution in [1.82, 2.24) is 4.98 Å². The topological polar surface area (TPSA) is 30.0 Å². The van der Waals surface area contributed by atoms with E-state index in [9.17, 15) is 4.79 Å². The van der Waals surface area contributed by atoms with Crippen molar-refractivity contribution in [1.29, 1.82) is 0 Å². The molecule has 1 rings (SSSR count). The molecule has 0 spiro atoms. The maximum atomic E-state index is 11.5. The van der Waals surface area contributed by atoms with Gasteiger partial charge in [0.25, 0.3) is 0 Å². The van der Waals surface area contributed by atoms with Gasteiger partial charge in [-0.3, -0.25) is 4.79 Å². The van der Waals surface area contributed by atoms with Gasteiger partial charge >= 0.3 is 0 Å². The van der Waals surface area contributed by atoms with Crippen molar-refractivity contribution >= 4 is 48.7 Å². The minimum absolute atomic E-state index is 0.00400. The van der Waals surface area contributed by atoms with Crippen LogP contribution in [0, 0.1) is 0 Å². The minimum atomic E-state index is -0.00400. The van der Waals surface area contributed by atoms with E-state index in [2.05, 4.69) is 36.8 Å². The second-order valence-electron chi connectivity index (χ2n) is 2.18. The van der Waals surface area contributed by atoms with Gasteiger partial charge in [-0.1, -0.05) is 18.7 Å². The summed E-state index contributed by atoms with van der Waals surface area (Å²) in [7, 11) is 0. The van der Waals surface area contributed by atoms with Crippen molar-refractivity contribution in [3.8, 4) is 0 Å². The largest absolute Gasteiger partial charge is 0.280 e. The Morgan fingerprint density at radius 2 is 2.23 bits per heavy atom. The summed E-state index contributed by atoms with van der Waals surface area (Å²) in [6.07, 6.45) is 0. The molecule has 0 fully saturated rings. The highest BCUT2D eigenvalue weighted by Crippen LogP contribution is 2.21. The number of carbonyl (C=O) groups excluding carboxylic acids is 1. The molecular weight excluding hydrogens is 318 g/mol. The number of aromatic nitrogens is 1. The zero-order chi connectivity index (χ0) is 9.84. The molecule has 1 aromatic rings. The lowest BCUT2D eigenvalue weighted by molar-refractivity contribution is 0.108. The van der Waals surface area contributed by atoms with Crippen molar-refractivity contribution in [3.63, 3.8) is 0 Å². The molecule has 0 bridgehead atoms. The third kappa shape index (κ3) is 3.07. The summed E-state index contributed by atoms with van der Waals surface area (Å²) < 4.78 is 1.41. The van der Waals surface area contributed by atoms with Crippen LogP contribution in [0.15, 0.2) is 21.2 Å². The molecule has 0 saturated heterocycles. The van der Waals surface area contributed by atoms with Gasteiger partial charge < -0.3 is 0 Å². The predicted molar refractivity (Wildman–Crippen MR) is 62.1 cm³/mol. The van der Waals surface area contributed by atoms with E-state index in [4.69, 9.17) is 0 Å². The van der Waals surface area contributed by atoms with Crippen LogP contribution < -0.4 is 0 Å². The van der Waals surface area contributed by atoms with Crippen LogP contribution in [0.1, 0.15) is 17.4 Å². The zero-order valence-electron chi connectivity index (χ0n) is 6.88. The number of nitrogens with zero attached hydrogens (tertiary/aromatic N) is 1. The van der Waals surface area contributed by atoms with Crippen LogP contribution in [0.5, 0.6) is 0 Å². The average molecular weight is 325 g/mol. The first-order valence-corrected chi connectivity index (χ1v) is 6.21. The Morgan fingerprint density at radius 3 is 2.85 bits per heavy atom. The van der Waals surface area contributed by atoms with E-state index < -0.39 is 0 Å². The standard InChI is InChI=1S/C8H7Br2NOS/c1-2-13-8(12)7-5(9)3-4-6(10)11-7/h3-4H,2H2,1H3. The third-order valence-electron chi connectivity index (χ3n) is 1.28. The van der Waals surface area contributed by atoms with E-state index in [0.717, 1.165) is 10.2 Å². The fourth-order valence-electron chi connectivity index (χ4n) is 0.761. The van der Waals surface area contributed by atoms with Crippen molar-refractivity contribution in [2.24, 2.45) is 0 Å². The van der Waals surface area contributed by atoms with E-state index >= 15 is 0 Å². The van der Waals surface area contributed by atoms with Crippen molar-refractivity contribution < 1.29 is 4.79 Å². The molecule has 0 aliphatic carbocycles. The van der Waals surface area contributed by atoms with Crippen LogP contribution in [0.3, 0.4) is 0 Å². The van der Waals surface area contributed by atoms with Gasteiger partial charge in [-0.25, -0.2) is 4.98 Å². The first kappa shape index (κ1) is 11.2. The first-order valence-electron chi connectivity index (χ1n) is 3.64. The second kappa shape index (κ2) is 5.12. The molecule has 0 aromatic carbocycles. The number of thioether (sulfide) groups is 1. The summed E-state index contributed by atoms with van der Waals surface area (Å²) in [5.41, 5.74) is 0.473.